The van der Waals surface area contributed by atoms with Crippen LogP contribution in [0.4, 0.5) is 0 Å². The largest absolute Gasteiger partial charge is 0.337 e. The molecule has 2 aliphatic heterocycles. The molecule has 2 unspecified atom stereocenters. The van der Waals surface area contributed by atoms with Crippen LogP contribution in [0.2, 0.25) is 0 Å². The number of nitrogens with zero attached hydrogens (tertiary/aromatic N) is 3. The maximum atomic E-state index is 12.7. The Kier molecular flexibility index (Phi) is 6.90. The van der Waals surface area contributed by atoms with Crippen molar-refractivity contribution in [3.8, 4) is 0 Å². The predicted octanol–water partition coefficient (Wildman–Crippen LogP) is 2.88. The summed E-state index contributed by atoms with van der Waals surface area (Å²) in [5.74, 6) is 0.788. The molecule has 2 saturated heterocycles. The fourth-order valence-electron chi connectivity index (χ4n) is 3.77. The third-order valence-electron chi connectivity index (χ3n) is 4.98. The number of carbonyl (C=O) groups excluding carboxylic acids is 1. The van der Waals surface area contributed by atoms with Crippen molar-refractivity contribution in [2.75, 3.05) is 26.2 Å². The zero-order valence-corrected chi connectivity index (χ0v) is 14.9. The summed E-state index contributed by atoms with van der Waals surface area (Å²) >= 11 is 0. The van der Waals surface area contributed by atoms with Crippen molar-refractivity contribution < 1.29 is 4.79 Å². The summed E-state index contributed by atoms with van der Waals surface area (Å²) in [6, 6.07) is 2.28. The standard InChI is InChI=1S/C17H28N4O.ClH/c1-2-5-14-6-4-10-20(13-14)17(22)16-8-11-21(19-16)15-7-3-9-18-12-15;/h8,11,14-15,18H,2-7,9-10,12-13H2,1H3;1H. The molecular weight excluding hydrogens is 312 g/mol. The average Bonchev–Trinajstić information content (AvgIpc) is 3.05. The Morgan fingerprint density at radius 3 is 3.00 bits per heavy atom. The van der Waals surface area contributed by atoms with Gasteiger partial charge >= 0.3 is 0 Å². The highest BCUT2D eigenvalue weighted by Gasteiger charge is 2.26. The molecule has 1 aromatic heterocycles. The number of rotatable bonds is 4. The second-order valence-corrected chi connectivity index (χ2v) is 6.73. The van der Waals surface area contributed by atoms with Crippen LogP contribution in [0, 0.1) is 5.92 Å². The summed E-state index contributed by atoms with van der Waals surface area (Å²) in [6.45, 7) is 6.07. The molecule has 2 fully saturated rings. The van der Waals surface area contributed by atoms with E-state index in [0.717, 1.165) is 39.0 Å². The van der Waals surface area contributed by atoms with Crippen molar-refractivity contribution in [1.29, 1.82) is 0 Å². The number of aromatic nitrogens is 2. The number of halogens is 1. The molecule has 0 spiro atoms. The lowest BCUT2D eigenvalue weighted by Crippen LogP contribution is -2.40. The first-order valence-corrected chi connectivity index (χ1v) is 8.83. The van der Waals surface area contributed by atoms with Gasteiger partial charge in [-0.3, -0.25) is 9.48 Å². The van der Waals surface area contributed by atoms with Crippen LogP contribution in [-0.4, -0.2) is 46.8 Å². The van der Waals surface area contributed by atoms with Gasteiger partial charge in [0.05, 0.1) is 6.04 Å². The van der Waals surface area contributed by atoms with Gasteiger partial charge in [-0.1, -0.05) is 13.3 Å². The molecule has 1 amide bonds. The number of piperidine rings is 2. The predicted molar refractivity (Wildman–Crippen MR) is 94.2 cm³/mol. The summed E-state index contributed by atoms with van der Waals surface area (Å²) in [4.78, 5) is 14.7. The molecule has 3 rings (SSSR count). The minimum atomic E-state index is 0. The van der Waals surface area contributed by atoms with E-state index in [2.05, 4.69) is 17.3 Å². The van der Waals surface area contributed by atoms with Gasteiger partial charge in [0.2, 0.25) is 0 Å². The molecule has 0 saturated carbocycles. The Bertz CT molecular complexity index is 497. The zero-order valence-electron chi connectivity index (χ0n) is 14.0. The van der Waals surface area contributed by atoms with E-state index in [1.807, 2.05) is 21.8 Å². The van der Waals surface area contributed by atoms with Crippen molar-refractivity contribution in [3.63, 3.8) is 0 Å². The Morgan fingerprint density at radius 1 is 1.39 bits per heavy atom. The molecule has 3 heterocycles. The fourth-order valence-corrected chi connectivity index (χ4v) is 3.77. The van der Waals surface area contributed by atoms with Crippen LogP contribution in [0.3, 0.4) is 0 Å². The summed E-state index contributed by atoms with van der Waals surface area (Å²) in [5.41, 5.74) is 0.614. The molecule has 1 N–H and O–H groups in total. The van der Waals surface area contributed by atoms with Gasteiger partial charge in [0.1, 0.15) is 5.69 Å². The Morgan fingerprint density at radius 2 is 2.26 bits per heavy atom. The molecule has 0 aromatic carbocycles. The molecule has 1 aromatic rings. The van der Waals surface area contributed by atoms with Gasteiger partial charge in [0.15, 0.2) is 0 Å². The second kappa shape index (κ2) is 8.69. The summed E-state index contributed by atoms with van der Waals surface area (Å²) in [6.07, 6.45) is 9.12. The zero-order chi connectivity index (χ0) is 15.4. The minimum Gasteiger partial charge on any atom is -0.337 e. The fraction of sp³-hybridized carbons (Fsp3) is 0.765. The number of hydrogen-bond donors (Lipinski definition) is 1. The van der Waals surface area contributed by atoms with Crippen LogP contribution in [-0.2, 0) is 0 Å². The maximum Gasteiger partial charge on any atom is 0.274 e. The molecule has 5 nitrogen and oxygen atoms in total. The molecule has 0 aliphatic carbocycles. The van der Waals surface area contributed by atoms with Gasteiger partial charge in [-0.25, -0.2) is 0 Å². The van der Waals surface area contributed by atoms with E-state index < -0.39 is 0 Å². The summed E-state index contributed by atoms with van der Waals surface area (Å²) in [5, 5.41) is 7.96. The number of amides is 1. The second-order valence-electron chi connectivity index (χ2n) is 6.73. The third kappa shape index (κ3) is 4.48. The molecule has 0 bridgehead atoms. The van der Waals surface area contributed by atoms with E-state index in [1.54, 1.807) is 0 Å². The summed E-state index contributed by atoms with van der Waals surface area (Å²) < 4.78 is 1.98. The van der Waals surface area contributed by atoms with Crippen LogP contribution in [0.15, 0.2) is 12.3 Å². The third-order valence-corrected chi connectivity index (χ3v) is 4.98. The van der Waals surface area contributed by atoms with Crippen LogP contribution in [0.5, 0.6) is 0 Å². The molecule has 6 heteroatoms. The molecule has 2 aliphatic rings. The van der Waals surface area contributed by atoms with Crippen molar-refractivity contribution in [2.45, 2.75) is 51.5 Å². The molecule has 130 valence electrons. The topological polar surface area (TPSA) is 50.2 Å². The molecular formula is C17H29ClN4O. The first-order valence-electron chi connectivity index (χ1n) is 8.83. The van der Waals surface area contributed by atoms with E-state index in [9.17, 15) is 4.79 Å². The van der Waals surface area contributed by atoms with Gasteiger partial charge in [-0.2, -0.15) is 5.10 Å². The van der Waals surface area contributed by atoms with Crippen LogP contribution < -0.4 is 5.32 Å². The smallest absolute Gasteiger partial charge is 0.274 e. The quantitative estimate of drug-likeness (QED) is 0.916. The monoisotopic (exact) mass is 340 g/mol. The van der Waals surface area contributed by atoms with Gasteiger partial charge in [0.25, 0.3) is 5.91 Å². The average molecular weight is 341 g/mol. The first kappa shape index (κ1) is 18.3. The Balaban J connectivity index is 0.00000192. The van der Waals surface area contributed by atoms with E-state index >= 15 is 0 Å². The van der Waals surface area contributed by atoms with Crippen molar-refractivity contribution in [2.24, 2.45) is 5.92 Å². The highest BCUT2D eigenvalue weighted by Crippen LogP contribution is 2.22. The van der Waals surface area contributed by atoms with Crippen molar-refractivity contribution >= 4 is 18.3 Å². The van der Waals surface area contributed by atoms with E-state index in [1.165, 1.54) is 25.7 Å². The van der Waals surface area contributed by atoms with Crippen LogP contribution in [0.25, 0.3) is 0 Å². The highest BCUT2D eigenvalue weighted by molar-refractivity contribution is 5.92. The lowest BCUT2D eigenvalue weighted by atomic mass is 9.93. The highest BCUT2D eigenvalue weighted by atomic mass is 35.5. The normalized spacial score (nSPS) is 25.0. The van der Waals surface area contributed by atoms with Gasteiger partial charge in [0, 0.05) is 25.8 Å². The first-order chi connectivity index (χ1) is 10.8. The number of likely N-dealkylation sites (tertiary alicyclic amines) is 1. The Hall–Kier alpha value is -1.07. The van der Waals surface area contributed by atoms with Gasteiger partial charge in [-0.15, -0.1) is 12.4 Å². The maximum absolute atomic E-state index is 12.7. The van der Waals surface area contributed by atoms with Gasteiger partial charge < -0.3 is 10.2 Å². The lowest BCUT2D eigenvalue weighted by Gasteiger charge is -2.32. The van der Waals surface area contributed by atoms with Crippen molar-refractivity contribution in [3.05, 3.63) is 18.0 Å². The number of nitrogens with one attached hydrogen (secondary N) is 1. The SMILES string of the molecule is CCCC1CCCN(C(=O)c2ccn(C3CCCNC3)n2)C1.Cl. The number of carbonyl (C=O) groups is 1. The lowest BCUT2D eigenvalue weighted by molar-refractivity contribution is 0.0660. The van der Waals surface area contributed by atoms with Gasteiger partial charge in [-0.05, 0) is 50.6 Å². The van der Waals surface area contributed by atoms with E-state index in [-0.39, 0.29) is 18.3 Å². The number of hydrogen-bond acceptors (Lipinski definition) is 3. The Labute approximate surface area is 145 Å². The molecule has 23 heavy (non-hydrogen) atoms. The minimum absolute atomic E-state index is 0. The summed E-state index contributed by atoms with van der Waals surface area (Å²) in [7, 11) is 0. The van der Waals surface area contributed by atoms with Crippen LogP contribution >= 0.6 is 12.4 Å². The van der Waals surface area contributed by atoms with E-state index in [4.69, 9.17) is 0 Å². The van der Waals surface area contributed by atoms with E-state index in [0.29, 0.717) is 17.7 Å². The molecule has 2 atom stereocenters. The van der Waals surface area contributed by atoms with Crippen LogP contribution in [0.1, 0.15) is 62.0 Å². The van der Waals surface area contributed by atoms with Crippen molar-refractivity contribution in [1.82, 2.24) is 20.0 Å². The molecule has 0 radical (unpaired) electrons.